The lowest BCUT2D eigenvalue weighted by Crippen LogP contribution is -2.61. The van der Waals surface area contributed by atoms with Crippen molar-refractivity contribution in [3.63, 3.8) is 0 Å². The quantitative estimate of drug-likeness (QED) is 0.519. The fourth-order valence-corrected chi connectivity index (χ4v) is 4.76. The van der Waals surface area contributed by atoms with Crippen LogP contribution >= 0.6 is 0 Å². The average molecular weight is 463 g/mol. The molecule has 5 rings (SSSR count). The maximum atomic E-state index is 13.0. The van der Waals surface area contributed by atoms with Crippen molar-refractivity contribution in [3.8, 4) is 11.5 Å². The molecule has 1 saturated heterocycles. The molecule has 180 valence electrons. The molecule has 1 amide bonds. The minimum atomic E-state index is -0.110. The van der Waals surface area contributed by atoms with Crippen LogP contribution in [0, 0.1) is 0 Å². The largest absolute Gasteiger partial charge is 0.492 e. The van der Waals surface area contributed by atoms with Gasteiger partial charge in [0.05, 0.1) is 5.60 Å². The Hall–Kier alpha value is -2.83. The molecule has 3 aliphatic rings. The summed E-state index contributed by atoms with van der Waals surface area (Å²) in [6, 6.07) is 14.1. The van der Waals surface area contributed by atoms with E-state index in [0.29, 0.717) is 30.6 Å². The van der Waals surface area contributed by atoms with E-state index in [0.717, 1.165) is 43.1 Å². The Morgan fingerprint density at radius 3 is 2.53 bits per heavy atom. The fraction of sp³-hybridized carbons (Fsp3) is 0.464. The molecule has 2 aromatic carbocycles. The number of nitrogens with zero attached hydrogens (tertiary/aromatic N) is 2. The van der Waals surface area contributed by atoms with Crippen LogP contribution in [0.3, 0.4) is 0 Å². The van der Waals surface area contributed by atoms with Gasteiger partial charge in [0.25, 0.3) is 5.91 Å². The van der Waals surface area contributed by atoms with Crippen LogP contribution in [0.25, 0.3) is 0 Å². The summed E-state index contributed by atoms with van der Waals surface area (Å²) in [7, 11) is 1.77. The van der Waals surface area contributed by atoms with E-state index in [1.165, 1.54) is 18.4 Å². The number of methoxy groups -OCH3 is 1. The Labute approximate surface area is 202 Å². The second kappa shape index (κ2) is 9.43. The summed E-state index contributed by atoms with van der Waals surface area (Å²) in [4.78, 5) is 17.1. The summed E-state index contributed by atoms with van der Waals surface area (Å²) in [5.41, 5.74) is 3.30. The van der Waals surface area contributed by atoms with Gasteiger partial charge in [-0.3, -0.25) is 9.69 Å². The van der Waals surface area contributed by atoms with Crippen LogP contribution in [0.15, 0.2) is 54.3 Å². The first-order valence-electron chi connectivity index (χ1n) is 12.3. The Bertz CT molecular complexity index is 1070. The molecule has 0 N–H and O–H groups in total. The van der Waals surface area contributed by atoms with Crippen molar-refractivity contribution >= 4 is 11.6 Å². The third-order valence-corrected chi connectivity index (χ3v) is 7.08. The van der Waals surface area contributed by atoms with Crippen LogP contribution < -0.4 is 14.4 Å². The van der Waals surface area contributed by atoms with E-state index < -0.39 is 0 Å². The highest BCUT2D eigenvalue weighted by molar-refractivity contribution is 6.07. The van der Waals surface area contributed by atoms with Gasteiger partial charge >= 0.3 is 0 Å². The Morgan fingerprint density at radius 1 is 1.09 bits per heavy atom. The zero-order chi connectivity index (χ0) is 23.7. The highest BCUT2D eigenvalue weighted by atomic mass is 16.5. The molecular weight excluding hydrogens is 428 g/mol. The average Bonchev–Trinajstić information content (AvgIpc) is 3.62. The van der Waals surface area contributed by atoms with Gasteiger partial charge in [0.15, 0.2) is 5.76 Å². The van der Waals surface area contributed by atoms with Crippen LogP contribution in [0.1, 0.15) is 43.7 Å². The molecule has 1 aliphatic carbocycles. The first kappa shape index (κ1) is 22.9. The van der Waals surface area contributed by atoms with Crippen molar-refractivity contribution in [1.82, 2.24) is 4.90 Å². The summed E-state index contributed by atoms with van der Waals surface area (Å²) in [6.07, 6.45) is 5.23. The second-order valence-electron chi connectivity index (χ2n) is 9.79. The van der Waals surface area contributed by atoms with Crippen LogP contribution in [0.5, 0.6) is 11.5 Å². The third kappa shape index (κ3) is 4.84. The van der Waals surface area contributed by atoms with Gasteiger partial charge in [-0.15, -0.1) is 0 Å². The van der Waals surface area contributed by atoms with Crippen molar-refractivity contribution < 1.29 is 19.0 Å². The first-order valence-corrected chi connectivity index (χ1v) is 12.3. The van der Waals surface area contributed by atoms with E-state index >= 15 is 0 Å². The normalized spacial score (nSPS) is 19.7. The highest BCUT2D eigenvalue weighted by Crippen LogP contribution is 2.40. The lowest BCUT2D eigenvalue weighted by atomic mass is 9.97. The molecule has 0 bridgehead atoms. The van der Waals surface area contributed by atoms with Crippen molar-refractivity contribution in [2.75, 3.05) is 44.8 Å². The molecule has 6 nitrogen and oxygen atoms in total. The monoisotopic (exact) mass is 462 g/mol. The molecule has 6 heteroatoms. The minimum absolute atomic E-state index is 0.0187. The van der Waals surface area contributed by atoms with Crippen LogP contribution in [-0.4, -0.2) is 56.3 Å². The summed E-state index contributed by atoms with van der Waals surface area (Å²) < 4.78 is 17.5. The standard InChI is InChI=1S/C28H34N2O4/c1-4-20-17-23(9-12-25(20)33-16-15-29-18-28(2,19-29)32-3)30-14-13-26(27(30)31)34-24-10-7-22(8-11-24)21-5-6-21/h7-13,17,21H,4-6,14-16,18-19H2,1-3H3. The van der Waals surface area contributed by atoms with Gasteiger partial charge in [-0.1, -0.05) is 19.1 Å². The van der Waals surface area contributed by atoms with E-state index in [-0.39, 0.29) is 11.5 Å². The Balaban J connectivity index is 1.16. The fourth-order valence-electron chi connectivity index (χ4n) is 4.76. The van der Waals surface area contributed by atoms with Crippen molar-refractivity contribution in [2.45, 2.75) is 44.6 Å². The Morgan fingerprint density at radius 2 is 1.85 bits per heavy atom. The number of likely N-dealkylation sites (tertiary alicyclic amines) is 1. The van der Waals surface area contributed by atoms with Gasteiger partial charge in [-0.05, 0) is 79.6 Å². The molecule has 1 saturated carbocycles. The van der Waals surface area contributed by atoms with E-state index in [4.69, 9.17) is 14.2 Å². The SMILES string of the molecule is CCc1cc(N2CC=C(Oc3ccc(C4CC4)cc3)C2=O)ccc1OCCN1CC(C)(OC)C1. The first-order chi connectivity index (χ1) is 16.5. The highest BCUT2D eigenvalue weighted by Gasteiger charge is 2.38. The van der Waals surface area contributed by atoms with E-state index in [1.54, 1.807) is 12.0 Å². The molecule has 34 heavy (non-hydrogen) atoms. The van der Waals surface area contributed by atoms with Gasteiger partial charge in [0, 0.05) is 39.0 Å². The number of rotatable bonds is 10. The van der Waals surface area contributed by atoms with Crippen LogP contribution in [0.2, 0.25) is 0 Å². The van der Waals surface area contributed by atoms with E-state index in [2.05, 4.69) is 36.9 Å². The number of aryl methyl sites for hydroxylation is 1. The zero-order valence-electron chi connectivity index (χ0n) is 20.4. The topological polar surface area (TPSA) is 51.2 Å². The maximum absolute atomic E-state index is 13.0. The van der Waals surface area contributed by atoms with Crippen LogP contribution in [0.4, 0.5) is 5.69 Å². The molecule has 0 radical (unpaired) electrons. The van der Waals surface area contributed by atoms with Gasteiger partial charge in [-0.25, -0.2) is 0 Å². The number of benzene rings is 2. The zero-order valence-corrected chi connectivity index (χ0v) is 20.4. The van der Waals surface area contributed by atoms with E-state index in [9.17, 15) is 4.79 Å². The number of carbonyl (C=O) groups is 1. The molecule has 2 heterocycles. The van der Waals surface area contributed by atoms with Gasteiger partial charge in [0.1, 0.15) is 18.1 Å². The number of carbonyl (C=O) groups excluding carboxylic acids is 1. The number of amides is 1. The predicted octanol–water partition coefficient (Wildman–Crippen LogP) is 4.54. The van der Waals surface area contributed by atoms with Crippen LogP contribution in [-0.2, 0) is 16.0 Å². The number of hydrogen-bond acceptors (Lipinski definition) is 5. The summed E-state index contributed by atoms with van der Waals surface area (Å²) >= 11 is 0. The second-order valence-corrected chi connectivity index (χ2v) is 9.79. The molecule has 0 atom stereocenters. The minimum Gasteiger partial charge on any atom is -0.492 e. The maximum Gasteiger partial charge on any atom is 0.294 e. The molecule has 0 unspecified atom stereocenters. The molecule has 2 fully saturated rings. The number of ether oxygens (including phenoxy) is 3. The van der Waals surface area contributed by atoms with E-state index in [1.807, 2.05) is 30.3 Å². The summed E-state index contributed by atoms with van der Waals surface area (Å²) in [5, 5.41) is 0. The number of anilines is 1. The predicted molar refractivity (Wildman–Crippen MR) is 133 cm³/mol. The summed E-state index contributed by atoms with van der Waals surface area (Å²) in [6.45, 7) is 8.12. The molecule has 0 spiro atoms. The lowest BCUT2D eigenvalue weighted by molar-refractivity contribution is -0.116. The lowest BCUT2D eigenvalue weighted by Gasteiger charge is -2.46. The smallest absolute Gasteiger partial charge is 0.294 e. The third-order valence-electron chi connectivity index (χ3n) is 7.08. The van der Waals surface area contributed by atoms with Gasteiger partial charge < -0.3 is 19.1 Å². The van der Waals surface area contributed by atoms with Gasteiger partial charge in [0.2, 0.25) is 0 Å². The molecule has 2 aliphatic heterocycles. The van der Waals surface area contributed by atoms with Gasteiger partial charge in [-0.2, -0.15) is 0 Å². The molecule has 0 aromatic heterocycles. The van der Waals surface area contributed by atoms with Crippen molar-refractivity contribution in [2.24, 2.45) is 0 Å². The molecule has 2 aromatic rings. The van der Waals surface area contributed by atoms with Crippen molar-refractivity contribution in [3.05, 3.63) is 65.4 Å². The molecular formula is C28H34N2O4. The Kier molecular flexibility index (Phi) is 6.36. The van der Waals surface area contributed by atoms with Crippen molar-refractivity contribution in [1.29, 1.82) is 0 Å². The summed E-state index contributed by atoms with van der Waals surface area (Å²) in [5.74, 6) is 2.57. The number of hydrogen-bond donors (Lipinski definition) is 0.